The molecule has 0 spiro atoms. The standard InChI is InChI=1S/C14H14N2O3S/c1-9-6-7-20-12(9)8-15-14(19)16-11-5-3-2-4-10(11)13(17)18/h2-7H,8H2,1H3,(H,17,18)(H2,15,16,19). The molecule has 0 bridgehead atoms. The van der Waals surface area contributed by atoms with Gasteiger partial charge in [0.25, 0.3) is 0 Å². The molecular formula is C14H14N2O3S. The average Bonchev–Trinajstić information content (AvgIpc) is 2.82. The molecule has 2 aromatic rings. The van der Waals surface area contributed by atoms with Crippen molar-refractivity contribution in [2.24, 2.45) is 0 Å². The van der Waals surface area contributed by atoms with Gasteiger partial charge in [-0.05, 0) is 36.1 Å². The number of urea groups is 1. The first-order valence-electron chi connectivity index (χ1n) is 5.98. The van der Waals surface area contributed by atoms with E-state index in [1.807, 2.05) is 18.4 Å². The van der Waals surface area contributed by atoms with Crippen molar-refractivity contribution >= 4 is 29.0 Å². The van der Waals surface area contributed by atoms with Crippen molar-refractivity contribution in [3.8, 4) is 0 Å². The maximum absolute atomic E-state index is 11.8. The molecule has 0 fully saturated rings. The van der Waals surface area contributed by atoms with E-state index >= 15 is 0 Å². The minimum absolute atomic E-state index is 0.0648. The lowest BCUT2D eigenvalue weighted by atomic mass is 10.2. The molecule has 0 saturated heterocycles. The van der Waals surface area contributed by atoms with Gasteiger partial charge in [-0.3, -0.25) is 0 Å². The molecular weight excluding hydrogens is 276 g/mol. The molecule has 104 valence electrons. The van der Waals surface area contributed by atoms with Crippen LogP contribution >= 0.6 is 11.3 Å². The van der Waals surface area contributed by atoms with Crippen LogP contribution in [0.25, 0.3) is 0 Å². The molecule has 6 heteroatoms. The van der Waals surface area contributed by atoms with Crippen LogP contribution in [0.5, 0.6) is 0 Å². The molecule has 1 aromatic heterocycles. The molecule has 0 atom stereocenters. The van der Waals surface area contributed by atoms with E-state index in [0.29, 0.717) is 6.54 Å². The third kappa shape index (κ3) is 3.36. The first kappa shape index (κ1) is 14.1. The molecule has 0 radical (unpaired) electrons. The minimum Gasteiger partial charge on any atom is -0.478 e. The van der Waals surface area contributed by atoms with E-state index in [2.05, 4.69) is 10.6 Å². The Kier molecular flexibility index (Phi) is 4.37. The summed E-state index contributed by atoms with van der Waals surface area (Å²) in [6, 6.07) is 7.85. The summed E-state index contributed by atoms with van der Waals surface area (Å²) in [5, 5.41) is 16.2. The highest BCUT2D eigenvalue weighted by atomic mass is 32.1. The van der Waals surface area contributed by atoms with E-state index in [1.165, 1.54) is 6.07 Å². The van der Waals surface area contributed by atoms with Crippen LogP contribution in [0.1, 0.15) is 20.8 Å². The number of aromatic carboxylic acids is 1. The minimum atomic E-state index is -1.07. The molecule has 3 N–H and O–H groups in total. The lowest BCUT2D eigenvalue weighted by Crippen LogP contribution is -2.28. The maximum Gasteiger partial charge on any atom is 0.337 e. The molecule has 0 unspecified atom stereocenters. The SMILES string of the molecule is Cc1ccsc1CNC(=O)Nc1ccccc1C(=O)O. The van der Waals surface area contributed by atoms with Gasteiger partial charge in [-0.2, -0.15) is 0 Å². The number of carbonyl (C=O) groups is 2. The number of para-hydroxylation sites is 1. The molecule has 0 aliphatic heterocycles. The van der Waals surface area contributed by atoms with Gasteiger partial charge < -0.3 is 15.7 Å². The molecule has 20 heavy (non-hydrogen) atoms. The van der Waals surface area contributed by atoms with Crippen LogP contribution in [0, 0.1) is 6.92 Å². The van der Waals surface area contributed by atoms with Crippen molar-refractivity contribution in [2.75, 3.05) is 5.32 Å². The number of carboxylic acid groups (broad SMARTS) is 1. The number of anilines is 1. The summed E-state index contributed by atoms with van der Waals surface area (Å²) in [5.74, 6) is -1.07. The Morgan fingerprint density at radius 1 is 1.25 bits per heavy atom. The van der Waals surface area contributed by atoms with Crippen LogP contribution < -0.4 is 10.6 Å². The number of carboxylic acids is 1. The summed E-state index contributed by atoms with van der Waals surface area (Å²) in [7, 11) is 0. The molecule has 5 nitrogen and oxygen atoms in total. The van der Waals surface area contributed by atoms with Crippen LogP contribution in [0.4, 0.5) is 10.5 Å². The quantitative estimate of drug-likeness (QED) is 0.809. The van der Waals surface area contributed by atoms with Crippen molar-refractivity contribution in [3.05, 3.63) is 51.7 Å². The van der Waals surface area contributed by atoms with Gasteiger partial charge >= 0.3 is 12.0 Å². The van der Waals surface area contributed by atoms with E-state index in [1.54, 1.807) is 29.5 Å². The van der Waals surface area contributed by atoms with Crippen LogP contribution in [-0.4, -0.2) is 17.1 Å². The van der Waals surface area contributed by atoms with E-state index < -0.39 is 12.0 Å². The van der Waals surface area contributed by atoms with Gasteiger partial charge in [0.2, 0.25) is 0 Å². The Balaban J connectivity index is 1.98. The molecule has 0 aliphatic carbocycles. The van der Waals surface area contributed by atoms with Gasteiger partial charge in [-0.25, -0.2) is 9.59 Å². The van der Waals surface area contributed by atoms with Crippen LogP contribution in [0.15, 0.2) is 35.7 Å². The second kappa shape index (κ2) is 6.21. The highest BCUT2D eigenvalue weighted by Gasteiger charge is 2.11. The lowest BCUT2D eigenvalue weighted by Gasteiger charge is -2.09. The summed E-state index contributed by atoms with van der Waals surface area (Å²) < 4.78 is 0. The third-order valence-electron chi connectivity index (χ3n) is 2.78. The van der Waals surface area contributed by atoms with Crippen molar-refractivity contribution < 1.29 is 14.7 Å². The van der Waals surface area contributed by atoms with Crippen LogP contribution in [0.3, 0.4) is 0 Å². The fourth-order valence-electron chi connectivity index (χ4n) is 1.69. The van der Waals surface area contributed by atoms with Crippen LogP contribution in [0.2, 0.25) is 0 Å². The molecule has 1 aromatic carbocycles. The summed E-state index contributed by atoms with van der Waals surface area (Å²) in [4.78, 5) is 23.9. The maximum atomic E-state index is 11.8. The van der Waals surface area contributed by atoms with Gasteiger partial charge in [-0.1, -0.05) is 12.1 Å². The molecule has 2 amide bonds. The van der Waals surface area contributed by atoms with Crippen molar-refractivity contribution in [2.45, 2.75) is 13.5 Å². The Labute approximate surface area is 120 Å². The summed E-state index contributed by atoms with van der Waals surface area (Å²) in [5.41, 5.74) is 1.47. The normalized spacial score (nSPS) is 10.1. The summed E-state index contributed by atoms with van der Waals surface area (Å²) >= 11 is 1.57. The number of hydrogen-bond donors (Lipinski definition) is 3. The Morgan fingerprint density at radius 2 is 2.00 bits per heavy atom. The number of benzene rings is 1. The lowest BCUT2D eigenvalue weighted by molar-refractivity contribution is 0.0698. The molecule has 1 heterocycles. The van der Waals surface area contributed by atoms with Gasteiger partial charge in [0.05, 0.1) is 17.8 Å². The predicted octanol–water partition coefficient (Wildman–Crippen LogP) is 3.08. The number of nitrogens with one attached hydrogen (secondary N) is 2. The zero-order valence-electron chi connectivity index (χ0n) is 10.8. The van der Waals surface area contributed by atoms with E-state index in [9.17, 15) is 9.59 Å². The summed E-state index contributed by atoms with van der Waals surface area (Å²) in [6.45, 7) is 2.40. The van der Waals surface area contributed by atoms with Crippen molar-refractivity contribution in [1.82, 2.24) is 5.32 Å². The highest BCUT2D eigenvalue weighted by Crippen LogP contribution is 2.16. The number of aryl methyl sites for hydroxylation is 1. The number of hydrogen-bond acceptors (Lipinski definition) is 3. The smallest absolute Gasteiger partial charge is 0.337 e. The third-order valence-corrected chi connectivity index (χ3v) is 3.81. The number of amides is 2. The Morgan fingerprint density at radius 3 is 2.65 bits per heavy atom. The molecule has 0 aliphatic rings. The van der Waals surface area contributed by atoms with Crippen molar-refractivity contribution in [3.63, 3.8) is 0 Å². The van der Waals surface area contributed by atoms with E-state index in [0.717, 1.165) is 10.4 Å². The first-order chi connectivity index (χ1) is 9.58. The monoisotopic (exact) mass is 290 g/mol. The van der Waals surface area contributed by atoms with Gasteiger partial charge in [0.1, 0.15) is 0 Å². The molecule has 2 rings (SSSR count). The first-order valence-corrected chi connectivity index (χ1v) is 6.86. The Hall–Kier alpha value is -2.34. The second-order valence-corrected chi connectivity index (χ2v) is 5.19. The highest BCUT2D eigenvalue weighted by molar-refractivity contribution is 7.10. The second-order valence-electron chi connectivity index (χ2n) is 4.19. The van der Waals surface area contributed by atoms with Gasteiger partial charge in [0, 0.05) is 4.88 Å². The van der Waals surface area contributed by atoms with E-state index in [-0.39, 0.29) is 11.3 Å². The van der Waals surface area contributed by atoms with E-state index in [4.69, 9.17) is 5.11 Å². The largest absolute Gasteiger partial charge is 0.478 e. The number of carbonyl (C=O) groups excluding carboxylic acids is 1. The zero-order chi connectivity index (χ0) is 14.5. The van der Waals surface area contributed by atoms with Gasteiger partial charge in [-0.15, -0.1) is 11.3 Å². The predicted molar refractivity (Wildman–Crippen MR) is 78.3 cm³/mol. The fourth-order valence-corrected chi connectivity index (χ4v) is 2.54. The zero-order valence-corrected chi connectivity index (χ0v) is 11.7. The van der Waals surface area contributed by atoms with Crippen LogP contribution in [-0.2, 0) is 6.54 Å². The topological polar surface area (TPSA) is 78.4 Å². The van der Waals surface area contributed by atoms with Gasteiger partial charge in [0.15, 0.2) is 0 Å². The fraction of sp³-hybridized carbons (Fsp3) is 0.143. The average molecular weight is 290 g/mol. The number of thiophene rings is 1. The van der Waals surface area contributed by atoms with Crippen molar-refractivity contribution in [1.29, 1.82) is 0 Å². The number of rotatable bonds is 4. The molecule has 0 saturated carbocycles. The summed E-state index contributed by atoms with van der Waals surface area (Å²) in [6.07, 6.45) is 0. The Bertz CT molecular complexity index is 637.